The number of hydrogen-bond donors (Lipinski definition) is 2. The van der Waals surface area contributed by atoms with Gasteiger partial charge in [-0.15, -0.1) is 11.8 Å². The quantitative estimate of drug-likeness (QED) is 0.246. The van der Waals surface area contributed by atoms with Crippen LogP contribution in [0.4, 0.5) is 5.69 Å². The molecule has 174 valence electrons. The maximum Gasteiger partial charge on any atom is 0.252 e. The molecule has 3 aromatic carbocycles. The van der Waals surface area contributed by atoms with Crippen LogP contribution in [0, 0.1) is 0 Å². The number of hydrogen-bond acceptors (Lipinski definition) is 3. The molecule has 1 aromatic heterocycles. The number of fused-ring (bicyclic) bond motifs is 1. The Kier molecular flexibility index (Phi) is 8.06. The molecule has 0 radical (unpaired) electrons. The van der Waals surface area contributed by atoms with Crippen LogP contribution in [0.5, 0.6) is 0 Å². The van der Waals surface area contributed by atoms with Crippen molar-refractivity contribution in [3.05, 3.63) is 93.6 Å². The van der Waals surface area contributed by atoms with Gasteiger partial charge in [-0.3, -0.25) is 9.59 Å². The number of thioether (sulfide) groups is 1. The number of anilines is 1. The van der Waals surface area contributed by atoms with Gasteiger partial charge in [-0.25, -0.2) is 0 Å². The molecule has 4 rings (SSSR count). The first-order valence-electron chi connectivity index (χ1n) is 10.4. The standard InChI is InChI=1S/C25H20Cl3N3O2S/c26-16-4-3-5-18(12-16)30-24(32)15-34-23-14-31(22-7-2-1-6-20(22)23)11-10-29-25(33)19-9-8-17(27)13-21(19)28/h1-9,12-14H,10-11,15H2,(H,29,33)(H,30,32). The maximum atomic E-state index is 12.5. The molecule has 9 heteroatoms. The molecule has 0 bridgehead atoms. The fraction of sp³-hybridized carbons (Fsp3) is 0.120. The van der Waals surface area contributed by atoms with Gasteiger partial charge >= 0.3 is 0 Å². The number of nitrogens with zero attached hydrogens (tertiary/aromatic N) is 1. The molecule has 2 N–H and O–H groups in total. The van der Waals surface area contributed by atoms with Crippen molar-refractivity contribution in [3.8, 4) is 0 Å². The predicted molar refractivity (Wildman–Crippen MR) is 142 cm³/mol. The molecule has 0 saturated heterocycles. The van der Waals surface area contributed by atoms with Crippen molar-refractivity contribution in [1.82, 2.24) is 9.88 Å². The summed E-state index contributed by atoms with van der Waals surface area (Å²) in [6.45, 7) is 0.975. The summed E-state index contributed by atoms with van der Waals surface area (Å²) < 4.78 is 2.07. The number of carbonyl (C=O) groups excluding carboxylic acids is 2. The lowest BCUT2D eigenvalue weighted by molar-refractivity contribution is -0.113. The number of para-hydroxylation sites is 1. The second-order valence-corrected chi connectivity index (χ2v) is 9.73. The van der Waals surface area contributed by atoms with E-state index in [2.05, 4.69) is 15.2 Å². The minimum absolute atomic E-state index is 0.115. The van der Waals surface area contributed by atoms with E-state index >= 15 is 0 Å². The second-order valence-electron chi connectivity index (χ2n) is 7.43. The molecule has 0 aliphatic carbocycles. The van der Waals surface area contributed by atoms with Gasteiger partial charge in [-0.05, 0) is 42.5 Å². The maximum absolute atomic E-state index is 12.5. The molecule has 0 unspecified atom stereocenters. The molecular weight excluding hydrogens is 513 g/mol. The Bertz CT molecular complexity index is 1360. The van der Waals surface area contributed by atoms with E-state index in [0.29, 0.717) is 39.4 Å². The Morgan fingerprint density at radius 3 is 2.50 bits per heavy atom. The van der Waals surface area contributed by atoms with E-state index in [0.717, 1.165) is 15.8 Å². The monoisotopic (exact) mass is 531 g/mol. The normalized spacial score (nSPS) is 10.9. The highest BCUT2D eigenvalue weighted by Gasteiger charge is 2.13. The van der Waals surface area contributed by atoms with Crippen molar-refractivity contribution in [2.45, 2.75) is 11.4 Å². The average molecular weight is 533 g/mol. The third kappa shape index (κ3) is 6.07. The molecule has 1 heterocycles. The zero-order valence-corrected chi connectivity index (χ0v) is 20.9. The minimum atomic E-state index is -0.259. The van der Waals surface area contributed by atoms with Crippen LogP contribution >= 0.6 is 46.6 Å². The van der Waals surface area contributed by atoms with Crippen molar-refractivity contribution in [2.75, 3.05) is 17.6 Å². The summed E-state index contributed by atoms with van der Waals surface area (Å²) in [6, 6.07) is 19.8. The van der Waals surface area contributed by atoms with Gasteiger partial charge in [-0.2, -0.15) is 0 Å². The van der Waals surface area contributed by atoms with Crippen LogP contribution in [0.1, 0.15) is 10.4 Å². The van der Waals surface area contributed by atoms with Crippen LogP contribution in [0.3, 0.4) is 0 Å². The van der Waals surface area contributed by atoms with Gasteiger partial charge in [0.2, 0.25) is 5.91 Å². The fourth-order valence-corrected chi connectivity index (χ4v) is 5.05. The Morgan fingerprint density at radius 1 is 0.912 bits per heavy atom. The highest BCUT2D eigenvalue weighted by Crippen LogP contribution is 2.30. The number of amides is 2. The van der Waals surface area contributed by atoms with Crippen LogP contribution < -0.4 is 10.6 Å². The summed E-state index contributed by atoms with van der Waals surface area (Å²) in [5.74, 6) is -0.117. The van der Waals surface area contributed by atoms with E-state index in [-0.39, 0.29) is 17.6 Å². The highest BCUT2D eigenvalue weighted by atomic mass is 35.5. The first-order valence-corrected chi connectivity index (χ1v) is 12.5. The van der Waals surface area contributed by atoms with Crippen molar-refractivity contribution >= 4 is 75.0 Å². The Morgan fingerprint density at radius 2 is 1.71 bits per heavy atom. The van der Waals surface area contributed by atoms with Crippen LogP contribution in [-0.2, 0) is 11.3 Å². The third-order valence-corrected chi connectivity index (χ3v) is 6.86. The Labute approximate surface area is 216 Å². The van der Waals surface area contributed by atoms with Crippen molar-refractivity contribution in [2.24, 2.45) is 0 Å². The molecule has 4 aromatic rings. The molecule has 0 aliphatic heterocycles. The summed E-state index contributed by atoms with van der Waals surface area (Å²) in [5.41, 5.74) is 2.07. The fourth-order valence-electron chi connectivity index (χ4n) is 3.48. The molecule has 34 heavy (non-hydrogen) atoms. The summed E-state index contributed by atoms with van der Waals surface area (Å²) in [6.07, 6.45) is 2.00. The van der Waals surface area contributed by atoms with Gasteiger partial charge in [0.25, 0.3) is 5.91 Å². The predicted octanol–water partition coefficient (Wildman–Crippen LogP) is 6.76. The Hall–Kier alpha value is -2.64. The average Bonchev–Trinajstić information content (AvgIpc) is 3.15. The summed E-state index contributed by atoms with van der Waals surface area (Å²) >= 11 is 19.5. The van der Waals surface area contributed by atoms with Crippen LogP contribution in [-0.4, -0.2) is 28.7 Å². The highest BCUT2D eigenvalue weighted by molar-refractivity contribution is 8.00. The zero-order valence-electron chi connectivity index (χ0n) is 17.9. The molecule has 2 amide bonds. The van der Waals surface area contributed by atoms with Crippen LogP contribution in [0.25, 0.3) is 10.9 Å². The third-order valence-electron chi connectivity index (χ3n) is 5.03. The number of halogens is 3. The smallest absolute Gasteiger partial charge is 0.252 e. The van der Waals surface area contributed by atoms with Gasteiger partial charge in [0, 0.05) is 50.8 Å². The molecule has 5 nitrogen and oxygen atoms in total. The first kappa shape index (κ1) is 24.5. The lowest BCUT2D eigenvalue weighted by atomic mass is 10.2. The number of carbonyl (C=O) groups is 2. The van der Waals surface area contributed by atoms with Gasteiger partial charge in [0.05, 0.1) is 16.3 Å². The van der Waals surface area contributed by atoms with Crippen molar-refractivity contribution < 1.29 is 9.59 Å². The van der Waals surface area contributed by atoms with Crippen LogP contribution in [0.2, 0.25) is 15.1 Å². The lowest BCUT2D eigenvalue weighted by Gasteiger charge is -2.09. The molecule has 0 aliphatic rings. The zero-order chi connectivity index (χ0) is 24.1. The second kappa shape index (κ2) is 11.2. The van der Waals surface area contributed by atoms with E-state index < -0.39 is 0 Å². The Balaban J connectivity index is 1.39. The molecule has 0 spiro atoms. The first-order chi connectivity index (χ1) is 16.4. The lowest BCUT2D eigenvalue weighted by Crippen LogP contribution is -2.27. The molecular formula is C25H20Cl3N3O2S. The van der Waals surface area contributed by atoms with Crippen molar-refractivity contribution in [1.29, 1.82) is 0 Å². The van der Waals surface area contributed by atoms with Gasteiger partial charge in [0.15, 0.2) is 0 Å². The van der Waals surface area contributed by atoms with Crippen molar-refractivity contribution in [3.63, 3.8) is 0 Å². The van der Waals surface area contributed by atoms with Gasteiger partial charge in [0.1, 0.15) is 0 Å². The van der Waals surface area contributed by atoms with Gasteiger partial charge < -0.3 is 15.2 Å². The van der Waals surface area contributed by atoms with E-state index in [9.17, 15) is 9.59 Å². The largest absolute Gasteiger partial charge is 0.350 e. The number of aromatic nitrogens is 1. The molecule has 0 atom stereocenters. The summed E-state index contributed by atoms with van der Waals surface area (Å²) in [7, 11) is 0. The van der Waals surface area contributed by atoms with E-state index in [4.69, 9.17) is 34.8 Å². The summed E-state index contributed by atoms with van der Waals surface area (Å²) in [5, 5.41) is 8.16. The number of rotatable bonds is 8. The van der Waals surface area contributed by atoms with E-state index in [1.54, 1.807) is 42.5 Å². The van der Waals surface area contributed by atoms with E-state index in [1.807, 2.05) is 30.5 Å². The topological polar surface area (TPSA) is 63.1 Å². The summed E-state index contributed by atoms with van der Waals surface area (Å²) in [4.78, 5) is 25.9. The number of benzene rings is 3. The number of nitrogens with one attached hydrogen (secondary N) is 2. The van der Waals surface area contributed by atoms with E-state index in [1.165, 1.54) is 11.8 Å². The van der Waals surface area contributed by atoms with Gasteiger partial charge in [-0.1, -0.05) is 59.1 Å². The molecule has 0 saturated carbocycles. The minimum Gasteiger partial charge on any atom is -0.350 e. The SMILES string of the molecule is O=C(CSc1cn(CCNC(=O)c2ccc(Cl)cc2Cl)c2ccccc12)Nc1cccc(Cl)c1. The van der Waals surface area contributed by atoms with Crippen LogP contribution in [0.15, 0.2) is 77.8 Å². The molecule has 0 fully saturated rings.